The Morgan fingerprint density at radius 3 is 2.59 bits per heavy atom. The topological polar surface area (TPSA) is 98.9 Å². The maximum absolute atomic E-state index is 14.6. The van der Waals surface area contributed by atoms with Gasteiger partial charge in [-0.3, -0.25) is 9.89 Å². The first-order valence-electron chi connectivity index (χ1n) is 9.14. The first-order chi connectivity index (χ1) is 15.1. The standard InChI is InChI=1S/C20H14F5N5O2/c1-8-14(18(31)28-10-2-5-13-9(6-10)7-26-30-13)17(29-19(32)27-8)11-3-4-12(20(23,24)25)16(22)15(11)21/h2-7,17H,1H3,(H,26,30)(H,28,31)(H2,27,29,32). The highest BCUT2D eigenvalue weighted by molar-refractivity contribution is 6.07. The zero-order valence-corrected chi connectivity index (χ0v) is 16.2. The third-order valence-electron chi connectivity index (χ3n) is 4.94. The molecule has 0 spiro atoms. The van der Waals surface area contributed by atoms with Crippen LogP contribution in [0.4, 0.5) is 32.4 Å². The minimum Gasteiger partial charge on any atom is -0.327 e. The summed E-state index contributed by atoms with van der Waals surface area (Å²) < 4.78 is 67.5. The third-order valence-corrected chi connectivity index (χ3v) is 4.94. The maximum Gasteiger partial charge on any atom is 0.419 e. The largest absolute Gasteiger partial charge is 0.419 e. The van der Waals surface area contributed by atoms with Crippen molar-refractivity contribution < 1.29 is 31.5 Å². The Balaban J connectivity index is 1.72. The number of H-pyrrole nitrogens is 1. The van der Waals surface area contributed by atoms with Crippen LogP contribution in [0.2, 0.25) is 0 Å². The van der Waals surface area contributed by atoms with E-state index in [-0.39, 0.29) is 11.3 Å². The molecule has 0 fully saturated rings. The van der Waals surface area contributed by atoms with Gasteiger partial charge in [-0.2, -0.15) is 18.3 Å². The summed E-state index contributed by atoms with van der Waals surface area (Å²) in [5.74, 6) is -4.71. The molecule has 12 heteroatoms. The van der Waals surface area contributed by atoms with E-state index in [0.717, 1.165) is 0 Å². The van der Waals surface area contributed by atoms with Gasteiger partial charge >= 0.3 is 12.2 Å². The van der Waals surface area contributed by atoms with Crippen LogP contribution >= 0.6 is 0 Å². The van der Waals surface area contributed by atoms with Crippen molar-refractivity contribution in [2.75, 3.05) is 5.32 Å². The molecule has 1 atom stereocenters. The highest BCUT2D eigenvalue weighted by Crippen LogP contribution is 2.36. The summed E-state index contributed by atoms with van der Waals surface area (Å²) in [5, 5.41) is 14.5. The second kappa shape index (κ2) is 7.62. The molecule has 7 nitrogen and oxygen atoms in total. The number of nitrogens with zero attached hydrogens (tertiary/aromatic N) is 1. The van der Waals surface area contributed by atoms with E-state index >= 15 is 0 Å². The van der Waals surface area contributed by atoms with Crippen molar-refractivity contribution in [3.05, 3.63) is 70.6 Å². The number of aromatic nitrogens is 2. The lowest BCUT2D eigenvalue weighted by Gasteiger charge is -2.29. The van der Waals surface area contributed by atoms with Crippen LogP contribution in [-0.4, -0.2) is 22.1 Å². The average molecular weight is 451 g/mol. The van der Waals surface area contributed by atoms with E-state index in [1.54, 1.807) is 18.2 Å². The lowest BCUT2D eigenvalue weighted by atomic mass is 9.93. The minimum atomic E-state index is -5.11. The van der Waals surface area contributed by atoms with Crippen molar-refractivity contribution in [1.82, 2.24) is 20.8 Å². The molecule has 3 aromatic rings. The van der Waals surface area contributed by atoms with Crippen LogP contribution in [0.5, 0.6) is 0 Å². The first-order valence-corrected chi connectivity index (χ1v) is 9.14. The molecular formula is C20H14F5N5O2. The van der Waals surface area contributed by atoms with Crippen molar-refractivity contribution in [3.8, 4) is 0 Å². The van der Waals surface area contributed by atoms with Crippen molar-refractivity contribution in [2.45, 2.75) is 19.1 Å². The summed E-state index contributed by atoms with van der Waals surface area (Å²) in [4.78, 5) is 24.9. The van der Waals surface area contributed by atoms with Crippen LogP contribution in [0, 0.1) is 11.6 Å². The predicted octanol–water partition coefficient (Wildman–Crippen LogP) is 4.13. The molecule has 0 radical (unpaired) electrons. The number of hydrogen-bond acceptors (Lipinski definition) is 3. The molecule has 0 saturated carbocycles. The van der Waals surface area contributed by atoms with Gasteiger partial charge in [0.25, 0.3) is 5.91 Å². The van der Waals surface area contributed by atoms with E-state index < -0.39 is 46.9 Å². The number of benzene rings is 2. The van der Waals surface area contributed by atoms with E-state index in [0.29, 0.717) is 28.7 Å². The third kappa shape index (κ3) is 3.74. The number of rotatable bonds is 3. The number of alkyl halides is 3. The Bertz CT molecular complexity index is 1280. The summed E-state index contributed by atoms with van der Waals surface area (Å²) >= 11 is 0. The number of nitrogens with one attached hydrogen (secondary N) is 4. The van der Waals surface area contributed by atoms with Gasteiger partial charge in [0.1, 0.15) is 0 Å². The molecule has 32 heavy (non-hydrogen) atoms. The Labute approximate surface area is 176 Å². The Morgan fingerprint density at radius 1 is 1.12 bits per heavy atom. The number of halogens is 5. The van der Waals surface area contributed by atoms with Gasteiger partial charge in [-0.1, -0.05) is 6.07 Å². The fourth-order valence-corrected chi connectivity index (χ4v) is 3.45. The van der Waals surface area contributed by atoms with Gasteiger partial charge in [0.05, 0.1) is 28.9 Å². The maximum atomic E-state index is 14.6. The van der Waals surface area contributed by atoms with Gasteiger partial charge < -0.3 is 16.0 Å². The molecule has 166 valence electrons. The monoisotopic (exact) mass is 451 g/mol. The number of carbonyl (C=O) groups excluding carboxylic acids is 2. The minimum absolute atomic E-state index is 0.0281. The number of hydrogen-bond donors (Lipinski definition) is 4. The van der Waals surface area contributed by atoms with Crippen LogP contribution in [0.3, 0.4) is 0 Å². The summed E-state index contributed by atoms with van der Waals surface area (Å²) in [7, 11) is 0. The molecule has 1 aromatic heterocycles. The lowest BCUT2D eigenvalue weighted by Crippen LogP contribution is -2.46. The van der Waals surface area contributed by atoms with Crippen LogP contribution in [-0.2, 0) is 11.0 Å². The number of allylic oxidation sites excluding steroid dienone is 1. The number of anilines is 1. The molecule has 1 aliphatic heterocycles. The molecule has 1 aliphatic rings. The number of urea groups is 1. The van der Waals surface area contributed by atoms with Crippen LogP contribution in [0.25, 0.3) is 10.9 Å². The Kier molecular flexibility index (Phi) is 5.07. The molecular weight excluding hydrogens is 437 g/mol. The Hall–Kier alpha value is -3.96. The highest BCUT2D eigenvalue weighted by atomic mass is 19.4. The van der Waals surface area contributed by atoms with E-state index in [9.17, 15) is 31.5 Å². The van der Waals surface area contributed by atoms with E-state index in [1.807, 2.05) is 0 Å². The number of carbonyl (C=O) groups is 2. The summed E-state index contributed by atoms with van der Waals surface area (Å²) in [6.45, 7) is 1.36. The summed E-state index contributed by atoms with van der Waals surface area (Å²) in [5.41, 5.74) is -1.53. The zero-order chi connectivity index (χ0) is 23.2. The van der Waals surface area contributed by atoms with Gasteiger partial charge in [-0.05, 0) is 31.2 Å². The molecule has 0 bridgehead atoms. The van der Waals surface area contributed by atoms with Crippen molar-refractivity contribution in [3.63, 3.8) is 0 Å². The lowest BCUT2D eigenvalue weighted by molar-refractivity contribution is -0.140. The second-order valence-electron chi connectivity index (χ2n) is 7.02. The molecule has 0 aliphatic carbocycles. The van der Waals surface area contributed by atoms with Crippen molar-refractivity contribution in [2.24, 2.45) is 0 Å². The normalized spacial score (nSPS) is 16.7. The molecule has 0 saturated heterocycles. The summed E-state index contributed by atoms with van der Waals surface area (Å²) in [6.07, 6.45) is -3.58. The molecule has 4 N–H and O–H groups in total. The van der Waals surface area contributed by atoms with E-state index in [1.165, 1.54) is 13.1 Å². The van der Waals surface area contributed by atoms with Crippen LogP contribution < -0.4 is 16.0 Å². The number of fused-ring (bicyclic) bond motifs is 1. The predicted molar refractivity (Wildman–Crippen MR) is 103 cm³/mol. The fraction of sp³-hybridized carbons (Fsp3) is 0.150. The number of aromatic amines is 1. The van der Waals surface area contributed by atoms with Gasteiger partial charge in [-0.25, -0.2) is 13.6 Å². The molecule has 2 heterocycles. The van der Waals surface area contributed by atoms with Gasteiger partial charge in [0.2, 0.25) is 0 Å². The quantitative estimate of drug-likeness (QED) is 0.451. The average Bonchev–Trinajstić information content (AvgIpc) is 3.16. The van der Waals surface area contributed by atoms with Crippen LogP contribution in [0.15, 0.2) is 47.8 Å². The molecule has 2 aromatic carbocycles. The SMILES string of the molecule is CC1=C(C(=O)Nc2ccc3[nH]ncc3c2)C(c2ccc(C(F)(F)F)c(F)c2F)NC(=O)N1. The van der Waals surface area contributed by atoms with Crippen LogP contribution in [0.1, 0.15) is 24.1 Å². The highest BCUT2D eigenvalue weighted by Gasteiger charge is 2.39. The fourth-order valence-electron chi connectivity index (χ4n) is 3.45. The van der Waals surface area contributed by atoms with E-state index in [4.69, 9.17) is 0 Å². The van der Waals surface area contributed by atoms with Crippen molar-refractivity contribution in [1.29, 1.82) is 0 Å². The van der Waals surface area contributed by atoms with Gasteiger partial charge in [-0.15, -0.1) is 0 Å². The molecule has 3 amide bonds. The summed E-state index contributed by atoms with van der Waals surface area (Å²) in [6, 6.07) is 3.52. The molecule has 4 rings (SSSR count). The second-order valence-corrected chi connectivity index (χ2v) is 7.02. The van der Waals surface area contributed by atoms with E-state index in [2.05, 4.69) is 26.1 Å². The van der Waals surface area contributed by atoms with Crippen molar-refractivity contribution >= 4 is 28.5 Å². The molecule has 1 unspecified atom stereocenters. The van der Waals surface area contributed by atoms with Gasteiger partial charge in [0, 0.05) is 22.3 Å². The zero-order valence-electron chi connectivity index (χ0n) is 16.2. The van der Waals surface area contributed by atoms with Gasteiger partial charge in [0.15, 0.2) is 11.6 Å². The smallest absolute Gasteiger partial charge is 0.327 e. The Morgan fingerprint density at radius 2 is 1.88 bits per heavy atom. The first kappa shape index (κ1) is 21.3. The number of amides is 3.